The lowest BCUT2D eigenvalue weighted by Crippen LogP contribution is -2.21. The zero-order chi connectivity index (χ0) is 20.8. The molecular weight excluding hydrogens is 386 g/mol. The summed E-state index contributed by atoms with van der Waals surface area (Å²) in [5, 5.41) is 3.26. The Kier molecular flexibility index (Phi) is 6.67. The summed E-state index contributed by atoms with van der Waals surface area (Å²) >= 11 is 1.36. The van der Waals surface area contributed by atoms with E-state index >= 15 is 0 Å². The molecule has 150 valence electrons. The highest BCUT2D eigenvalue weighted by Crippen LogP contribution is 2.33. The second-order valence-corrected chi connectivity index (χ2v) is 7.66. The molecule has 0 fully saturated rings. The third kappa shape index (κ3) is 5.03. The van der Waals surface area contributed by atoms with Crippen LogP contribution in [0.15, 0.2) is 54.6 Å². The van der Waals surface area contributed by atoms with Crippen molar-refractivity contribution in [3.8, 4) is 16.9 Å². The van der Waals surface area contributed by atoms with Gasteiger partial charge in [0.05, 0.1) is 12.2 Å². The molecule has 1 heterocycles. The molecule has 1 N–H and O–H groups in total. The summed E-state index contributed by atoms with van der Waals surface area (Å²) in [6, 6.07) is 17.6. The van der Waals surface area contributed by atoms with Gasteiger partial charge >= 0.3 is 5.97 Å². The van der Waals surface area contributed by atoms with Crippen molar-refractivity contribution in [2.45, 2.75) is 20.8 Å². The fourth-order valence-corrected chi connectivity index (χ4v) is 3.91. The molecule has 0 unspecified atom stereocenters. The van der Waals surface area contributed by atoms with Gasteiger partial charge in [-0.25, -0.2) is 4.79 Å². The quantitative estimate of drug-likeness (QED) is 0.543. The molecule has 0 saturated heterocycles. The number of esters is 1. The van der Waals surface area contributed by atoms with E-state index in [4.69, 9.17) is 9.47 Å². The van der Waals surface area contributed by atoms with Crippen molar-refractivity contribution >= 4 is 28.2 Å². The molecule has 1 aromatic heterocycles. The Balaban J connectivity index is 1.62. The minimum atomic E-state index is -0.429. The summed E-state index contributed by atoms with van der Waals surface area (Å²) in [4.78, 5) is 25.5. The number of thiophene rings is 1. The van der Waals surface area contributed by atoms with E-state index in [1.165, 1.54) is 11.3 Å². The lowest BCUT2D eigenvalue weighted by atomic mass is 10.1. The normalized spacial score (nSPS) is 10.4. The van der Waals surface area contributed by atoms with E-state index in [0.717, 1.165) is 21.6 Å². The first-order valence-electron chi connectivity index (χ1n) is 9.34. The van der Waals surface area contributed by atoms with Gasteiger partial charge in [-0.05, 0) is 49.6 Å². The van der Waals surface area contributed by atoms with Crippen LogP contribution in [-0.2, 0) is 9.53 Å². The Morgan fingerprint density at radius 1 is 0.966 bits per heavy atom. The Morgan fingerprint density at radius 3 is 2.28 bits per heavy atom. The molecule has 2 aromatic carbocycles. The van der Waals surface area contributed by atoms with Gasteiger partial charge in [-0.2, -0.15) is 0 Å². The first kappa shape index (κ1) is 20.6. The van der Waals surface area contributed by atoms with E-state index in [0.29, 0.717) is 16.3 Å². The summed E-state index contributed by atoms with van der Waals surface area (Å²) < 4.78 is 10.7. The summed E-state index contributed by atoms with van der Waals surface area (Å²) in [6.45, 7) is 5.63. The van der Waals surface area contributed by atoms with Crippen molar-refractivity contribution in [3.63, 3.8) is 0 Å². The molecule has 6 heteroatoms. The molecule has 0 atom stereocenters. The van der Waals surface area contributed by atoms with E-state index in [1.807, 2.05) is 68.4 Å². The van der Waals surface area contributed by atoms with Gasteiger partial charge in [0.2, 0.25) is 0 Å². The number of ether oxygens (including phenoxy) is 2. The molecule has 0 aliphatic rings. The highest BCUT2D eigenvalue weighted by Gasteiger charge is 2.22. The van der Waals surface area contributed by atoms with Crippen molar-refractivity contribution in [3.05, 3.63) is 70.6 Å². The molecule has 1 amide bonds. The SMILES string of the molecule is CCOC(=O)c1c(NC(=O)COc2ccc(-c3ccccc3)cc2)sc(C)c1C. The van der Waals surface area contributed by atoms with E-state index in [9.17, 15) is 9.59 Å². The summed E-state index contributed by atoms with van der Waals surface area (Å²) in [5.74, 6) is -0.157. The van der Waals surface area contributed by atoms with Gasteiger partial charge in [-0.3, -0.25) is 4.79 Å². The van der Waals surface area contributed by atoms with Crippen LogP contribution in [0.25, 0.3) is 11.1 Å². The predicted molar refractivity (Wildman–Crippen MR) is 116 cm³/mol. The number of rotatable bonds is 7. The Bertz CT molecular complexity index is 994. The first-order chi connectivity index (χ1) is 14.0. The molecule has 0 radical (unpaired) electrons. The Labute approximate surface area is 174 Å². The van der Waals surface area contributed by atoms with Crippen LogP contribution in [0.3, 0.4) is 0 Å². The molecule has 3 aromatic rings. The Hall–Kier alpha value is -3.12. The average Bonchev–Trinajstić information content (AvgIpc) is 3.01. The third-order valence-electron chi connectivity index (χ3n) is 4.45. The number of anilines is 1. The van der Waals surface area contributed by atoms with Gasteiger partial charge < -0.3 is 14.8 Å². The van der Waals surface area contributed by atoms with Crippen LogP contribution in [-0.4, -0.2) is 25.1 Å². The number of aryl methyl sites for hydroxylation is 1. The van der Waals surface area contributed by atoms with Crippen LogP contribution >= 0.6 is 11.3 Å². The van der Waals surface area contributed by atoms with Gasteiger partial charge in [0.15, 0.2) is 6.61 Å². The zero-order valence-corrected chi connectivity index (χ0v) is 17.5. The number of hydrogen-bond donors (Lipinski definition) is 1. The van der Waals surface area contributed by atoms with Crippen LogP contribution in [0.1, 0.15) is 27.7 Å². The number of amides is 1. The van der Waals surface area contributed by atoms with Gasteiger partial charge in [-0.15, -0.1) is 11.3 Å². The molecule has 0 bridgehead atoms. The lowest BCUT2D eigenvalue weighted by Gasteiger charge is -2.09. The molecular formula is C23H23NO4S. The monoisotopic (exact) mass is 409 g/mol. The second kappa shape index (κ2) is 9.39. The van der Waals surface area contributed by atoms with Crippen molar-refractivity contribution < 1.29 is 19.1 Å². The largest absolute Gasteiger partial charge is 0.484 e. The number of hydrogen-bond acceptors (Lipinski definition) is 5. The number of benzene rings is 2. The van der Waals surface area contributed by atoms with Crippen molar-refractivity contribution in [2.75, 3.05) is 18.5 Å². The summed E-state index contributed by atoms with van der Waals surface area (Å²) in [6.07, 6.45) is 0. The van der Waals surface area contributed by atoms with Gasteiger partial charge in [-0.1, -0.05) is 42.5 Å². The molecule has 0 spiro atoms. The van der Waals surface area contributed by atoms with E-state index in [-0.39, 0.29) is 19.1 Å². The third-order valence-corrected chi connectivity index (χ3v) is 5.57. The van der Waals surface area contributed by atoms with Gasteiger partial charge in [0.1, 0.15) is 10.8 Å². The summed E-state index contributed by atoms with van der Waals surface area (Å²) in [5.41, 5.74) is 3.42. The van der Waals surface area contributed by atoms with Gasteiger partial charge in [0.25, 0.3) is 5.91 Å². The smallest absolute Gasteiger partial charge is 0.341 e. The number of nitrogens with one attached hydrogen (secondary N) is 1. The molecule has 0 saturated carbocycles. The maximum Gasteiger partial charge on any atom is 0.341 e. The van der Waals surface area contributed by atoms with Gasteiger partial charge in [0, 0.05) is 4.88 Å². The van der Waals surface area contributed by atoms with E-state index in [1.54, 1.807) is 6.92 Å². The second-order valence-electron chi connectivity index (χ2n) is 6.44. The Morgan fingerprint density at radius 2 is 1.62 bits per heavy atom. The number of carbonyl (C=O) groups excluding carboxylic acids is 2. The van der Waals surface area contributed by atoms with Crippen LogP contribution < -0.4 is 10.1 Å². The molecule has 5 nitrogen and oxygen atoms in total. The average molecular weight is 410 g/mol. The molecule has 3 rings (SSSR count). The molecule has 0 aliphatic carbocycles. The first-order valence-corrected chi connectivity index (χ1v) is 10.2. The van der Waals surface area contributed by atoms with Crippen LogP contribution in [0.2, 0.25) is 0 Å². The highest BCUT2D eigenvalue weighted by molar-refractivity contribution is 7.16. The maximum absolute atomic E-state index is 12.3. The van der Waals surface area contributed by atoms with Crippen LogP contribution in [0.5, 0.6) is 5.75 Å². The van der Waals surface area contributed by atoms with E-state index < -0.39 is 5.97 Å². The van der Waals surface area contributed by atoms with Crippen molar-refractivity contribution in [2.24, 2.45) is 0 Å². The van der Waals surface area contributed by atoms with Crippen LogP contribution in [0, 0.1) is 13.8 Å². The number of carbonyl (C=O) groups is 2. The van der Waals surface area contributed by atoms with Crippen molar-refractivity contribution in [1.82, 2.24) is 0 Å². The lowest BCUT2D eigenvalue weighted by molar-refractivity contribution is -0.118. The molecule has 29 heavy (non-hydrogen) atoms. The fraction of sp³-hybridized carbons (Fsp3) is 0.217. The minimum Gasteiger partial charge on any atom is -0.484 e. The molecule has 0 aliphatic heterocycles. The van der Waals surface area contributed by atoms with E-state index in [2.05, 4.69) is 5.32 Å². The van der Waals surface area contributed by atoms with Crippen molar-refractivity contribution in [1.29, 1.82) is 0 Å². The fourth-order valence-electron chi connectivity index (χ4n) is 2.85. The summed E-state index contributed by atoms with van der Waals surface area (Å²) in [7, 11) is 0. The predicted octanol–water partition coefficient (Wildman–Crippen LogP) is 5.23. The van der Waals surface area contributed by atoms with Crippen LogP contribution in [0.4, 0.5) is 5.00 Å². The zero-order valence-electron chi connectivity index (χ0n) is 16.7. The standard InChI is InChI=1S/C23H23NO4S/c1-4-27-23(26)21-15(2)16(3)29-22(21)24-20(25)14-28-19-12-10-18(11-13-19)17-8-6-5-7-9-17/h5-13H,4,14H2,1-3H3,(H,24,25). The maximum atomic E-state index is 12.3. The minimum absolute atomic E-state index is 0.150. The topological polar surface area (TPSA) is 64.6 Å². The highest BCUT2D eigenvalue weighted by atomic mass is 32.1.